The summed E-state index contributed by atoms with van der Waals surface area (Å²) in [5, 5.41) is 91.6. The Balaban J connectivity index is 1.38. The minimum Gasteiger partial charge on any atom is -0.508 e. The zero-order valence-corrected chi connectivity index (χ0v) is 21.9. The molecule has 0 spiro atoms. The van der Waals surface area contributed by atoms with Crippen LogP contribution in [0.3, 0.4) is 0 Å². The number of ether oxygens (including phenoxy) is 4. The quantitative estimate of drug-likeness (QED) is 0.149. The number of aliphatic hydroxyl groups is 6. The molecule has 2 aliphatic heterocycles. The van der Waals surface area contributed by atoms with Crippen LogP contribution in [0.5, 0.6) is 23.0 Å². The van der Waals surface area contributed by atoms with Crippen molar-refractivity contribution in [2.45, 2.75) is 68.3 Å². The van der Waals surface area contributed by atoms with E-state index in [0.717, 1.165) is 12.1 Å². The van der Waals surface area contributed by atoms with Gasteiger partial charge >= 0.3 is 0 Å². The van der Waals surface area contributed by atoms with Gasteiger partial charge in [0.2, 0.25) is 12.0 Å². The predicted molar refractivity (Wildman–Crippen MR) is 139 cm³/mol. The van der Waals surface area contributed by atoms with Crippen molar-refractivity contribution in [2.75, 3.05) is 6.61 Å². The number of phenols is 3. The Morgan fingerprint density at radius 1 is 0.762 bits per heavy atom. The smallest absolute Gasteiger partial charge is 0.229 e. The SMILES string of the molecule is C[C@@H]1O[C@H](OC[C@H]2O[C@@H](Oc3cc4oc(-c5ccc(O)cc5)cc(=O)c4c(O)c3O)[C@H](O)[C@@H](O)[C@@H]2O)[C@H](O)[C@H](O)[C@H]1O. The van der Waals surface area contributed by atoms with Crippen molar-refractivity contribution in [1.29, 1.82) is 0 Å². The molecule has 15 heteroatoms. The fraction of sp³-hybridized carbons (Fsp3) is 0.444. The second kappa shape index (κ2) is 11.6. The van der Waals surface area contributed by atoms with Crippen LogP contribution in [0, 0.1) is 0 Å². The molecule has 0 aliphatic carbocycles. The number of aliphatic hydroxyl groups excluding tert-OH is 6. The zero-order valence-electron chi connectivity index (χ0n) is 21.9. The van der Waals surface area contributed by atoms with Gasteiger partial charge in [-0.15, -0.1) is 0 Å². The molecule has 42 heavy (non-hydrogen) atoms. The molecule has 9 N–H and O–H groups in total. The summed E-state index contributed by atoms with van der Waals surface area (Å²) in [4.78, 5) is 12.8. The normalized spacial score (nSPS) is 33.5. The van der Waals surface area contributed by atoms with Crippen LogP contribution in [0.2, 0.25) is 0 Å². The molecule has 5 rings (SSSR count). The summed E-state index contributed by atoms with van der Waals surface area (Å²) in [5.74, 6) is -2.27. The summed E-state index contributed by atoms with van der Waals surface area (Å²) in [6.45, 7) is 0.884. The van der Waals surface area contributed by atoms with Crippen LogP contribution in [-0.2, 0) is 14.2 Å². The van der Waals surface area contributed by atoms with Gasteiger partial charge in [0.05, 0.1) is 12.7 Å². The number of rotatable bonds is 6. The minimum absolute atomic E-state index is 0.0180. The number of benzene rings is 2. The lowest BCUT2D eigenvalue weighted by atomic mass is 9.98. The molecule has 0 amide bonds. The first-order valence-electron chi connectivity index (χ1n) is 12.9. The molecule has 0 unspecified atom stereocenters. The summed E-state index contributed by atoms with van der Waals surface area (Å²) in [5.41, 5.74) is -0.515. The van der Waals surface area contributed by atoms with Gasteiger partial charge in [-0.2, -0.15) is 0 Å². The van der Waals surface area contributed by atoms with Crippen molar-refractivity contribution in [2.24, 2.45) is 0 Å². The molecular weight excluding hydrogens is 564 g/mol. The highest BCUT2D eigenvalue weighted by molar-refractivity contribution is 5.89. The van der Waals surface area contributed by atoms with Crippen molar-refractivity contribution in [3.8, 4) is 34.3 Å². The number of hydrogen-bond donors (Lipinski definition) is 9. The second-order valence-electron chi connectivity index (χ2n) is 10.1. The molecule has 10 atom stereocenters. The van der Waals surface area contributed by atoms with Gasteiger partial charge in [-0.1, -0.05) is 0 Å². The van der Waals surface area contributed by atoms with E-state index in [1.807, 2.05) is 0 Å². The van der Waals surface area contributed by atoms with E-state index in [-0.39, 0.29) is 22.5 Å². The van der Waals surface area contributed by atoms with Crippen molar-refractivity contribution in [3.63, 3.8) is 0 Å². The zero-order chi connectivity index (χ0) is 30.5. The highest BCUT2D eigenvalue weighted by atomic mass is 16.7. The van der Waals surface area contributed by atoms with Gasteiger partial charge in [-0.3, -0.25) is 4.79 Å². The molecule has 2 aliphatic rings. The highest BCUT2D eigenvalue weighted by Crippen LogP contribution is 2.42. The van der Waals surface area contributed by atoms with E-state index < -0.39 is 90.7 Å². The molecule has 15 nitrogen and oxygen atoms in total. The van der Waals surface area contributed by atoms with Gasteiger partial charge < -0.3 is 69.3 Å². The van der Waals surface area contributed by atoms with Crippen molar-refractivity contribution >= 4 is 11.0 Å². The predicted octanol–water partition coefficient (Wildman–Crippen LogP) is -1.39. The fourth-order valence-corrected chi connectivity index (χ4v) is 4.74. The van der Waals surface area contributed by atoms with Crippen LogP contribution >= 0.6 is 0 Å². The van der Waals surface area contributed by atoms with Crippen LogP contribution in [0.15, 0.2) is 45.6 Å². The first-order valence-corrected chi connectivity index (χ1v) is 12.9. The number of aromatic hydroxyl groups is 3. The van der Waals surface area contributed by atoms with Gasteiger partial charge in [0.15, 0.2) is 23.2 Å². The Morgan fingerprint density at radius 3 is 2.10 bits per heavy atom. The Bertz CT molecular complexity index is 1470. The maximum Gasteiger partial charge on any atom is 0.229 e. The van der Waals surface area contributed by atoms with E-state index in [9.17, 15) is 50.8 Å². The summed E-state index contributed by atoms with van der Waals surface area (Å²) >= 11 is 0. The Labute approximate surface area is 236 Å². The van der Waals surface area contributed by atoms with Gasteiger partial charge in [-0.05, 0) is 31.2 Å². The lowest BCUT2D eigenvalue weighted by molar-refractivity contribution is -0.318. The van der Waals surface area contributed by atoms with Crippen LogP contribution in [0.4, 0.5) is 0 Å². The lowest BCUT2D eigenvalue weighted by Gasteiger charge is -2.42. The molecule has 2 aromatic carbocycles. The van der Waals surface area contributed by atoms with Crippen LogP contribution in [-0.4, -0.2) is 114 Å². The molecule has 0 radical (unpaired) electrons. The van der Waals surface area contributed by atoms with Crippen LogP contribution in [0.25, 0.3) is 22.3 Å². The van der Waals surface area contributed by atoms with E-state index in [1.54, 1.807) is 0 Å². The second-order valence-corrected chi connectivity index (χ2v) is 10.1. The van der Waals surface area contributed by atoms with E-state index in [4.69, 9.17) is 23.4 Å². The number of fused-ring (bicyclic) bond motifs is 1. The highest BCUT2D eigenvalue weighted by Gasteiger charge is 2.47. The van der Waals surface area contributed by atoms with E-state index in [2.05, 4.69) is 0 Å². The monoisotopic (exact) mass is 594 g/mol. The third-order valence-corrected chi connectivity index (χ3v) is 7.23. The Kier molecular flexibility index (Phi) is 8.30. The largest absolute Gasteiger partial charge is 0.508 e. The van der Waals surface area contributed by atoms with Crippen molar-refractivity contribution < 1.29 is 69.3 Å². The van der Waals surface area contributed by atoms with Gasteiger partial charge in [0, 0.05) is 17.7 Å². The van der Waals surface area contributed by atoms with Crippen LogP contribution < -0.4 is 10.2 Å². The molecule has 1 aromatic heterocycles. The van der Waals surface area contributed by atoms with E-state index in [0.29, 0.717) is 5.56 Å². The molecule has 2 fully saturated rings. The molecule has 3 heterocycles. The Morgan fingerprint density at radius 2 is 1.40 bits per heavy atom. The maximum atomic E-state index is 12.8. The summed E-state index contributed by atoms with van der Waals surface area (Å²) in [7, 11) is 0. The average molecular weight is 595 g/mol. The average Bonchev–Trinajstić information content (AvgIpc) is 2.96. The number of phenolic OH excluding ortho intramolecular Hbond substituents is 3. The first-order chi connectivity index (χ1) is 19.9. The third-order valence-electron chi connectivity index (χ3n) is 7.23. The van der Waals surface area contributed by atoms with Gasteiger partial charge in [0.25, 0.3) is 0 Å². The third kappa shape index (κ3) is 5.49. The standard InChI is InChI=1S/C27H30O15/c1-9-18(30)22(34)24(36)26(39-9)38-8-16-20(32)23(35)25(37)27(42-16)41-15-7-14-17(21(33)19(15)31)12(29)6-13(40-14)10-2-4-11(28)5-3-10/h2-7,9,16,18,20,22-28,30-37H,8H2,1H3/t9-,16+,18-,20+,22+,23-,24+,25+,26-,27+/m0/s1. The molecule has 228 valence electrons. The topological polar surface area (TPSA) is 249 Å². The number of hydrogen-bond acceptors (Lipinski definition) is 15. The van der Waals surface area contributed by atoms with E-state index in [1.165, 1.54) is 31.2 Å². The summed E-state index contributed by atoms with van der Waals surface area (Å²) in [6.07, 6.45) is -15.6. The molecular formula is C27H30O15. The molecule has 0 saturated carbocycles. The fourth-order valence-electron chi connectivity index (χ4n) is 4.74. The Hall–Kier alpha value is -3.51. The molecule has 0 bridgehead atoms. The minimum atomic E-state index is -1.88. The van der Waals surface area contributed by atoms with Crippen LogP contribution in [0.1, 0.15) is 6.92 Å². The maximum absolute atomic E-state index is 12.8. The van der Waals surface area contributed by atoms with Crippen molar-refractivity contribution in [3.05, 3.63) is 46.6 Å². The van der Waals surface area contributed by atoms with E-state index >= 15 is 0 Å². The summed E-state index contributed by atoms with van der Waals surface area (Å²) < 4.78 is 27.6. The molecule has 3 aromatic rings. The van der Waals surface area contributed by atoms with Crippen molar-refractivity contribution in [1.82, 2.24) is 0 Å². The van der Waals surface area contributed by atoms with Gasteiger partial charge in [0.1, 0.15) is 65.2 Å². The lowest BCUT2D eigenvalue weighted by Crippen LogP contribution is -2.61. The summed E-state index contributed by atoms with van der Waals surface area (Å²) in [6, 6.07) is 7.85. The van der Waals surface area contributed by atoms with Gasteiger partial charge in [-0.25, -0.2) is 0 Å². The molecule has 2 saturated heterocycles. The first kappa shape index (κ1) is 30.0.